The molecule has 0 spiro atoms. The molecule has 3 heterocycles. The minimum absolute atomic E-state index is 0.0506. The maximum Gasteiger partial charge on any atom is 0.495 e. The highest BCUT2D eigenvalue weighted by molar-refractivity contribution is 6.65. The van der Waals surface area contributed by atoms with E-state index in [0.29, 0.717) is 5.56 Å². The van der Waals surface area contributed by atoms with Crippen molar-refractivity contribution in [3.63, 3.8) is 0 Å². The number of hydrogen-bond acceptors (Lipinski definition) is 5. The monoisotopic (exact) mass is 498 g/mol. The Hall–Kier alpha value is -2.71. The number of anilines is 1. The average molecular weight is 498 g/mol. The quantitative estimate of drug-likeness (QED) is 0.485. The van der Waals surface area contributed by atoms with Crippen molar-refractivity contribution >= 4 is 34.9 Å². The molecule has 0 aliphatic carbocycles. The second kappa shape index (κ2) is 9.55. The van der Waals surface area contributed by atoms with Crippen molar-refractivity contribution in [2.45, 2.75) is 57.8 Å². The van der Waals surface area contributed by atoms with Crippen LogP contribution in [0.15, 0.2) is 54.6 Å². The molecule has 192 valence electrons. The number of ether oxygens (including phenoxy) is 1. The van der Waals surface area contributed by atoms with Crippen molar-refractivity contribution < 1.29 is 18.8 Å². The number of amides is 1. The zero-order chi connectivity index (χ0) is 25.6. The molecule has 37 heavy (non-hydrogen) atoms. The second-order valence-electron chi connectivity index (χ2n) is 11.3. The molecule has 0 aromatic heterocycles. The third kappa shape index (κ3) is 4.59. The minimum atomic E-state index is -0.473. The molecular weight excluding hydrogens is 463 g/mol. The summed E-state index contributed by atoms with van der Waals surface area (Å²) in [5, 5.41) is 4.93. The van der Waals surface area contributed by atoms with Crippen LogP contribution in [0.4, 0.5) is 5.69 Å². The Balaban J connectivity index is 1.12. The van der Waals surface area contributed by atoms with Crippen molar-refractivity contribution in [1.82, 2.24) is 4.90 Å². The lowest BCUT2D eigenvalue weighted by Gasteiger charge is -2.36. The topological polar surface area (TPSA) is 60.0 Å². The van der Waals surface area contributed by atoms with Gasteiger partial charge in [0.25, 0.3) is 5.91 Å². The Labute approximate surface area is 219 Å². The van der Waals surface area contributed by atoms with Crippen molar-refractivity contribution in [3.05, 3.63) is 71.3 Å². The van der Waals surface area contributed by atoms with E-state index in [1.54, 1.807) is 0 Å². The van der Waals surface area contributed by atoms with E-state index in [-0.39, 0.29) is 5.91 Å². The van der Waals surface area contributed by atoms with Gasteiger partial charge in [-0.3, -0.25) is 9.69 Å². The molecule has 0 saturated carbocycles. The van der Waals surface area contributed by atoms with Gasteiger partial charge in [0.15, 0.2) is 0 Å². The van der Waals surface area contributed by atoms with Gasteiger partial charge < -0.3 is 19.4 Å². The van der Waals surface area contributed by atoms with E-state index < -0.39 is 18.3 Å². The second-order valence-corrected chi connectivity index (χ2v) is 11.3. The van der Waals surface area contributed by atoms with Crippen LogP contribution in [0, 0.1) is 0 Å². The Kier molecular flexibility index (Phi) is 6.36. The summed E-state index contributed by atoms with van der Waals surface area (Å²) in [6.45, 7) is 11.1. The van der Waals surface area contributed by atoms with Gasteiger partial charge in [0.2, 0.25) is 0 Å². The van der Waals surface area contributed by atoms with Crippen LogP contribution in [0.1, 0.15) is 55.1 Å². The molecule has 7 heteroatoms. The summed E-state index contributed by atoms with van der Waals surface area (Å²) in [7, 11) is -0.473. The van der Waals surface area contributed by atoms with Gasteiger partial charge in [-0.1, -0.05) is 42.5 Å². The lowest BCUT2D eigenvalue weighted by Crippen LogP contribution is -2.44. The number of carbonyl (C=O) groups excluding carboxylic acids is 1. The Morgan fingerprint density at radius 3 is 2.49 bits per heavy atom. The summed E-state index contributed by atoms with van der Waals surface area (Å²) in [6, 6.07) is 18.9. The highest BCUT2D eigenvalue weighted by atomic mass is 16.7. The predicted octanol–water partition coefficient (Wildman–Crippen LogP) is 4.54. The lowest BCUT2D eigenvalue weighted by atomic mass is 9.75. The zero-order valence-corrected chi connectivity index (χ0v) is 22.0. The molecule has 2 fully saturated rings. The molecule has 1 unspecified atom stereocenters. The van der Waals surface area contributed by atoms with Gasteiger partial charge in [0.1, 0.15) is 0 Å². The Morgan fingerprint density at radius 1 is 0.946 bits per heavy atom. The minimum Gasteiger partial charge on any atom is -0.399 e. The predicted molar refractivity (Wildman–Crippen MR) is 147 cm³/mol. The van der Waals surface area contributed by atoms with Crippen LogP contribution in [0.5, 0.6) is 0 Å². The first-order chi connectivity index (χ1) is 17.8. The summed E-state index contributed by atoms with van der Waals surface area (Å²) in [5.41, 5.74) is 4.38. The number of morpholine rings is 1. The van der Waals surface area contributed by atoms with Crippen LogP contribution in [-0.4, -0.2) is 55.4 Å². The van der Waals surface area contributed by atoms with Gasteiger partial charge in [-0.2, -0.15) is 0 Å². The number of nitrogens with zero attached hydrogens (tertiary/aromatic N) is 1. The van der Waals surface area contributed by atoms with Crippen LogP contribution in [0.3, 0.4) is 0 Å². The molecule has 3 aliphatic heterocycles. The van der Waals surface area contributed by atoms with E-state index in [2.05, 4.69) is 61.3 Å². The fourth-order valence-electron chi connectivity index (χ4n) is 5.86. The third-order valence-electron chi connectivity index (χ3n) is 8.52. The maximum atomic E-state index is 12.3. The maximum absolute atomic E-state index is 12.3. The highest BCUT2D eigenvalue weighted by Crippen LogP contribution is 2.42. The Bertz CT molecular complexity index is 1320. The van der Waals surface area contributed by atoms with E-state index in [4.69, 9.17) is 14.0 Å². The van der Waals surface area contributed by atoms with Crippen LogP contribution in [0.25, 0.3) is 10.8 Å². The number of hydrogen-bond donors (Lipinski definition) is 1. The molecule has 1 N–H and O–H groups in total. The molecule has 0 bridgehead atoms. The molecular formula is C30H35BN2O4. The fraction of sp³-hybridized carbons (Fsp3) is 0.433. The SMILES string of the molecule is CC1(C)OB(c2ccc3c4c(cccc24)C(=O)N3)OC1(C)CCCc1ccc(CN2CCOCC2)cc1. The summed E-state index contributed by atoms with van der Waals surface area (Å²) < 4.78 is 18.7. The molecule has 3 aliphatic rings. The summed E-state index contributed by atoms with van der Waals surface area (Å²) in [6.07, 6.45) is 2.92. The van der Waals surface area contributed by atoms with Gasteiger partial charge in [0, 0.05) is 36.3 Å². The first-order valence-corrected chi connectivity index (χ1v) is 13.4. The number of benzene rings is 3. The van der Waals surface area contributed by atoms with E-state index >= 15 is 0 Å². The molecule has 3 aromatic carbocycles. The average Bonchev–Trinajstić information content (AvgIpc) is 3.34. The van der Waals surface area contributed by atoms with Crippen molar-refractivity contribution in [1.29, 1.82) is 0 Å². The standard InChI is InChI=1S/C30H35BN2O4/c1-29(2)30(3,15-5-6-21-9-11-22(12-10-21)20-33-16-18-35-19-17-33)37-31(36-29)25-13-14-26-27-23(25)7-4-8-24(27)28(34)32-26/h4,7-14H,5-6,15-20H2,1-3H3,(H,32,34). The van der Waals surface area contributed by atoms with E-state index in [1.165, 1.54) is 11.1 Å². The van der Waals surface area contributed by atoms with Crippen LogP contribution >= 0.6 is 0 Å². The number of carbonyl (C=O) groups is 1. The highest BCUT2D eigenvalue weighted by Gasteiger charge is 2.54. The third-order valence-corrected chi connectivity index (χ3v) is 8.52. The lowest BCUT2D eigenvalue weighted by molar-refractivity contribution is -0.0167. The fourth-order valence-corrected chi connectivity index (χ4v) is 5.86. The molecule has 6 rings (SSSR count). The molecule has 1 amide bonds. The van der Waals surface area contributed by atoms with Gasteiger partial charge in [-0.25, -0.2) is 0 Å². The van der Waals surface area contributed by atoms with Crippen molar-refractivity contribution in [2.75, 3.05) is 31.6 Å². The number of rotatable bonds is 7. The largest absolute Gasteiger partial charge is 0.495 e. The van der Waals surface area contributed by atoms with Gasteiger partial charge in [-0.15, -0.1) is 0 Å². The Morgan fingerprint density at radius 2 is 1.70 bits per heavy atom. The van der Waals surface area contributed by atoms with Crippen molar-refractivity contribution in [3.8, 4) is 0 Å². The van der Waals surface area contributed by atoms with E-state index in [1.807, 2.05) is 24.3 Å². The first kappa shape index (κ1) is 24.6. The number of nitrogens with one attached hydrogen (secondary N) is 1. The van der Waals surface area contributed by atoms with E-state index in [9.17, 15) is 4.79 Å². The van der Waals surface area contributed by atoms with Crippen LogP contribution < -0.4 is 10.8 Å². The molecule has 6 nitrogen and oxygen atoms in total. The molecule has 3 aromatic rings. The van der Waals surface area contributed by atoms with Gasteiger partial charge >= 0.3 is 7.12 Å². The first-order valence-electron chi connectivity index (χ1n) is 13.4. The summed E-state index contributed by atoms with van der Waals surface area (Å²) in [4.78, 5) is 14.8. The zero-order valence-electron chi connectivity index (χ0n) is 22.0. The van der Waals surface area contributed by atoms with E-state index in [0.717, 1.165) is 74.0 Å². The summed E-state index contributed by atoms with van der Waals surface area (Å²) in [5.74, 6) is -0.0506. The number of aryl methyl sites for hydroxylation is 1. The molecule has 0 radical (unpaired) electrons. The normalized spacial score (nSPS) is 23.1. The molecule has 2 saturated heterocycles. The van der Waals surface area contributed by atoms with Crippen LogP contribution in [-0.2, 0) is 27.0 Å². The van der Waals surface area contributed by atoms with Crippen molar-refractivity contribution in [2.24, 2.45) is 0 Å². The molecule has 1 atom stereocenters. The van der Waals surface area contributed by atoms with Gasteiger partial charge in [0.05, 0.1) is 24.4 Å². The smallest absolute Gasteiger partial charge is 0.399 e. The summed E-state index contributed by atoms with van der Waals surface area (Å²) >= 11 is 0. The van der Waals surface area contributed by atoms with Gasteiger partial charge in [-0.05, 0) is 74.1 Å². The van der Waals surface area contributed by atoms with Crippen LogP contribution in [0.2, 0.25) is 0 Å².